The molecular formula is C19H16F3N3OS2. The molecule has 0 aliphatic heterocycles. The van der Waals surface area contributed by atoms with Crippen LogP contribution in [0.2, 0.25) is 0 Å². The number of aromatic nitrogens is 2. The molecule has 9 heteroatoms. The molecule has 3 aromatic rings. The van der Waals surface area contributed by atoms with Crippen molar-refractivity contribution in [3.8, 4) is 11.3 Å². The quantitative estimate of drug-likeness (QED) is 0.447. The summed E-state index contributed by atoms with van der Waals surface area (Å²) in [7, 11) is 0. The van der Waals surface area contributed by atoms with Crippen LogP contribution >= 0.6 is 23.1 Å². The van der Waals surface area contributed by atoms with Crippen molar-refractivity contribution in [1.82, 2.24) is 15.3 Å². The molecule has 1 aromatic carbocycles. The molecule has 1 amide bonds. The first kappa shape index (κ1) is 20.3. The maximum absolute atomic E-state index is 13.3. The van der Waals surface area contributed by atoms with Crippen LogP contribution in [-0.2, 0) is 17.5 Å². The summed E-state index contributed by atoms with van der Waals surface area (Å²) in [5, 5.41) is 3.94. The predicted molar refractivity (Wildman–Crippen MR) is 104 cm³/mol. The molecule has 4 nitrogen and oxygen atoms in total. The molecule has 2 aromatic heterocycles. The summed E-state index contributed by atoms with van der Waals surface area (Å²) in [6.45, 7) is 1.99. The van der Waals surface area contributed by atoms with E-state index in [4.69, 9.17) is 0 Å². The highest BCUT2D eigenvalue weighted by atomic mass is 32.2. The highest BCUT2D eigenvalue weighted by Gasteiger charge is 2.34. The van der Waals surface area contributed by atoms with Crippen LogP contribution in [-0.4, -0.2) is 21.1 Å². The van der Waals surface area contributed by atoms with Crippen LogP contribution in [0.15, 0.2) is 59.1 Å². The largest absolute Gasteiger partial charge is 0.433 e. The van der Waals surface area contributed by atoms with Crippen molar-refractivity contribution in [3.63, 3.8) is 0 Å². The minimum absolute atomic E-state index is 0.0903. The SMILES string of the molecule is C[C@@H](Sc1nc(-c2ccccc2)cc(C(F)(F)F)n1)C(=O)NCc1cccs1. The summed E-state index contributed by atoms with van der Waals surface area (Å²) in [4.78, 5) is 21.1. The highest BCUT2D eigenvalue weighted by molar-refractivity contribution is 8.00. The Hall–Kier alpha value is -2.39. The predicted octanol–water partition coefficient (Wildman–Crippen LogP) is 5.02. The summed E-state index contributed by atoms with van der Waals surface area (Å²) >= 11 is 2.41. The van der Waals surface area contributed by atoms with E-state index in [0.717, 1.165) is 22.7 Å². The topological polar surface area (TPSA) is 54.9 Å². The van der Waals surface area contributed by atoms with Crippen molar-refractivity contribution in [2.75, 3.05) is 0 Å². The van der Waals surface area contributed by atoms with E-state index in [2.05, 4.69) is 15.3 Å². The van der Waals surface area contributed by atoms with Gasteiger partial charge in [0.25, 0.3) is 0 Å². The van der Waals surface area contributed by atoms with Crippen LogP contribution < -0.4 is 5.32 Å². The van der Waals surface area contributed by atoms with Gasteiger partial charge in [-0.05, 0) is 24.4 Å². The Labute approximate surface area is 168 Å². The zero-order valence-electron chi connectivity index (χ0n) is 14.7. The summed E-state index contributed by atoms with van der Waals surface area (Å²) in [5.41, 5.74) is -0.321. The lowest BCUT2D eigenvalue weighted by Gasteiger charge is -2.13. The van der Waals surface area contributed by atoms with Crippen LogP contribution in [0.25, 0.3) is 11.3 Å². The number of nitrogens with one attached hydrogen (secondary N) is 1. The molecular weight excluding hydrogens is 407 g/mol. The number of hydrogen-bond donors (Lipinski definition) is 1. The van der Waals surface area contributed by atoms with Crippen LogP contribution in [0.1, 0.15) is 17.5 Å². The maximum atomic E-state index is 13.3. The minimum Gasteiger partial charge on any atom is -0.350 e. The normalized spacial score (nSPS) is 12.6. The molecule has 0 radical (unpaired) electrons. The molecule has 1 N–H and O–H groups in total. The van der Waals surface area contributed by atoms with E-state index in [1.54, 1.807) is 37.3 Å². The van der Waals surface area contributed by atoms with E-state index >= 15 is 0 Å². The maximum Gasteiger partial charge on any atom is 0.433 e. The lowest BCUT2D eigenvalue weighted by Crippen LogP contribution is -2.30. The van der Waals surface area contributed by atoms with Crippen LogP contribution in [0.3, 0.4) is 0 Å². The van der Waals surface area contributed by atoms with Gasteiger partial charge in [-0.3, -0.25) is 4.79 Å². The Morgan fingerprint density at radius 2 is 1.93 bits per heavy atom. The van der Waals surface area contributed by atoms with Gasteiger partial charge >= 0.3 is 6.18 Å². The molecule has 0 fully saturated rings. The van der Waals surface area contributed by atoms with E-state index in [1.807, 2.05) is 17.5 Å². The molecule has 3 rings (SSSR count). The molecule has 0 bridgehead atoms. The molecule has 1 atom stereocenters. The summed E-state index contributed by atoms with van der Waals surface area (Å²) in [6.07, 6.45) is -4.60. The Balaban J connectivity index is 1.79. The molecule has 0 saturated heterocycles. The number of benzene rings is 1. The summed E-state index contributed by atoms with van der Waals surface area (Å²) < 4.78 is 39.8. The molecule has 0 aliphatic carbocycles. The third-order valence-electron chi connectivity index (χ3n) is 3.73. The zero-order chi connectivity index (χ0) is 20.1. The number of rotatable bonds is 6. The lowest BCUT2D eigenvalue weighted by atomic mass is 10.1. The third kappa shape index (κ3) is 5.32. The van der Waals surface area contributed by atoms with Gasteiger partial charge in [-0.2, -0.15) is 13.2 Å². The summed E-state index contributed by atoms with van der Waals surface area (Å²) in [6, 6.07) is 13.3. The van der Waals surface area contributed by atoms with Gasteiger partial charge in [0.05, 0.1) is 17.5 Å². The van der Waals surface area contributed by atoms with E-state index < -0.39 is 17.1 Å². The second-order valence-corrected chi connectivity index (χ2v) is 8.18. The van der Waals surface area contributed by atoms with Crippen molar-refractivity contribution >= 4 is 29.0 Å². The molecule has 0 saturated carbocycles. The van der Waals surface area contributed by atoms with Gasteiger partial charge in [0, 0.05) is 10.4 Å². The van der Waals surface area contributed by atoms with E-state index in [-0.39, 0.29) is 16.8 Å². The second kappa shape index (κ2) is 8.74. The average Bonchev–Trinajstić information content (AvgIpc) is 3.19. The number of halogens is 3. The van der Waals surface area contributed by atoms with Gasteiger partial charge in [0.2, 0.25) is 5.91 Å². The zero-order valence-corrected chi connectivity index (χ0v) is 16.4. The number of amides is 1. The fourth-order valence-electron chi connectivity index (χ4n) is 2.32. The Bertz CT molecular complexity index is 931. The first-order chi connectivity index (χ1) is 13.3. The van der Waals surface area contributed by atoms with E-state index in [0.29, 0.717) is 12.1 Å². The molecule has 28 heavy (non-hydrogen) atoms. The number of nitrogens with zero attached hydrogens (tertiary/aromatic N) is 2. The van der Waals surface area contributed by atoms with Crippen molar-refractivity contribution in [1.29, 1.82) is 0 Å². The minimum atomic E-state index is -4.60. The Morgan fingerprint density at radius 3 is 2.57 bits per heavy atom. The number of carbonyl (C=O) groups excluding carboxylic acids is 1. The van der Waals surface area contributed by atoms with Gasteiger partial charge in [-0.25, -0.2) is 9.97 Å². The summed E-state index contributed by atoms with van der Waals surface area (Å²) in [5.74, 6) is -0.291. The molecule has 0 aliphatic rings. The van der Waals surface area contributed by atoms with Gasteiger partial charge in [0.1, 0.15) is 5.69 Å². The van der Waals surface area contributed by atoms with Crippen LogP contribution in [0, 0.1) is 0 Å². The molecule has 146 valence electrons. The first-order valence-corrected chi connectivity index (χ1v) is 10.1. The number of alkyl halides is 3. The smallest absolute Gasteiger partial charge is 0.350 e. The lowest BCUT2D eigenvalue weighted by molar-refractivity contribution is -0.141. The van der Waals surface area contributed by atoms with E-state index in [9.17, 15) is 18.0 Å². The molecule has 0 spiro atoms. The third-order valence-corrected chi connectivity index (χ3v) is 5.57. The number of hydrogen-bond acceptors (Lipinski definition) is 5. The van der Waals surface area contributed by atoms with Gasteiger partial charge < -0.3 is 5.32 Å². The number of carbonyl (C=O) groups is 1. The van der Waals surface area contributed by atoms with Crippen molar-refractivity contribution in [2.24, 2.45) is 0 Å². The van der Waals surface area contributed by atoms with Crippen molar-refractivity contribution < 1.29 is 18.0 Å². The van der Waals surface area contributed by atoms with Crippen molar-refractivity contribution in [2.45, 2.75) is 30.1 Å². The molecule has 2 heterocycles. The molecule has 0 unspecified atom stereocenters. The first-order valence-electron chi connectivity index (χ1n) is 8.31. The van der Waals surface area contributed by atoms with E-state index in [1.165, 1.54) is 11.3 Å². The second-order valence-electron chi connectivity index (χ2n) is 5.84. The number of thioether (sulfide) groups is 1. The highest BCUT2D eigenvalue weighted by Crippen LogP contribution is 2.32. The van der Waals surface area contributed by atoms with Crippen molar-refractivity contribution in [3.05, 3.63) is 64.5 Å². The Kier molecular flexibility index (Phi) is 6.35. The van der Waals surface area contributed by atoms with Gasteiger partial charge in [0.15, 0.2) is 5.16 Å². The standard InChI is InChI=1S/C19H16F3N3OS2/c1-12(17(26)23-11-14-8-5-9-27-14)28-18-24-15(13-6-3-2-4-7-13)10-16(25-18)19(20,21)22/h2-10,12H,11H2,1H3,(H,23,26)/t12-/m1/s1. The Morgan fingerprint density at radius 1 is 1.18 bits per heavy atom. The average molecular weight is 423 g/mol. The fraction of sp³-hybridized carbons (Fsp3) is 0.211. The van der Waals surface area contributed by atoms with Gasteiger partial charge in [-0.15, -0.1) is 11.3 Å². The van der Waals surface area contributed by atoms with Crippen LogP contribution in [0.5, 0.6) is 0 Å². The number of thiophene rings is 1. The van der Waals surface area contributed by atoms with Crippen LogP contribution in [0.4, 0.5) is 13.2 Å². The monoisotopic (exact) mass is 423 g/mol. The fourth-order valence-corrected chi connectivity index (χ4v) is 3.78. The van der Waals surface area contributed by atoms with Gasteiger partial charge in [-0.1, -0.05) is 48.2 Å².